The number of rotatable bonds is 5. The first kappa shape index (κ1) is 17.4. The molecule has 0 bridgehead atoms. The van der Waals surface area contributed by atoms with Gasteiger partial charge >= 0.3 is 0 Å². The summed E-state index contributed by atoms with van der Waals surface area (Å²) < 4.78 is 27.3. The third-order valence-electron chi connectivity index (χ3n) is 4.69. The third kappa shape index (κ3) is 3.49. The van der Waals surface area contributed by atoms with Crippen molar-refractivity contribution in [2.24, 2.45) is 5.73 Å². The number of carbonyl (C=O) groups is 1. The molecule has 3 rings (SSSR count). The first-order valence-electron chi connectivity index (χ1n) is 8.26. The number of hydrogen-bond acceptors (Lipinski definition) is 3. The minimum Gasteiger partial charge on any atom is -0.398 e. The van der Waals surface area contributed by atoms with Crippen molar-refractivity contribution in [3.63, 3.8) is 0 Å². The highest BCUT2D eigenvalue weighted by Gasteiger charge is 2.27. The fourth-order valence-electron chi connectivity index (χ4n) is 3.00. The molecule has 4 nitrogen and oxygen atoms in total. The minimum absolute atomic E-state index is 0.0493. The van der Waals surface area contributed by atoms with Crippen LogP contribution in [0.2, 0.25) is 0 Å². The summed E-state index contributed by atoms with van der Waals surface area (Å²) in [6, 6.07) is 5.89. The van der Waals surface area contributed by atoms with Crippen LogP contribution in [-0.2, 0) is 13.1 Å². The highest BCUT2D eigenvalue weighted by Crippen LogP contribution is 2.43. The maximum atomic E-state index is 13.7. The van der Waals surface area contributed by atoms with E-state index in [1.807, 2.05) is 12.1 Å². The molecule has 2 aromatic rings. The SMILES string of the molecule is Cc1c(F)cc(C(=O)NCc2c(C3CC3)ccc(N)c2CN)cc1F. The second-order valence-electron chi connectivity index (χ2n) is 6.43. The summed E-state index contributed by atoms with van der Waals surface area (Å²) in [5.41, 5.74) is 15.1. The molecule has 1 aliphatic rings. The van der Waals surface area contributed by atoms with Crippen LogP contribution in [0.5, 0.6) is 0 Å². The minimum atomic E-state index is -0.740. The maximum absolute atomic E-state index is 13.7. The smallest absolute Gasteiger partial charge is 0.251 e. The first-order chi connectivity index (χ1) is 11.9. The Morgan fingerprint density at radius 3 is 2.40 bits per heavy atom. The summed E-state index contributed by atoms with van der Waals surface area (Å²) in [4.78, 5) is 12.3. The molecule has 0 heterocycles. The van der Waals surface area contributed by atoms with E-state index in [4.69, 9.17) is 11.5 Å². The topological polar surface area (TPSA) is 81.1 Å². The van der Waals surface area contributed by atoms with E-state index in [2.05, 4.69) is 5.32 Å². The van der Waals surface area contributed by atoms with Crippen molar-refractivity contribution in [1.82, 2.24) is 5.32 Å². The monoisotopic (exact) mass is 345 g/mol. The zero-order valence-electron chi connectivity index (χ0n) is 14.0. The molecule has 0 unspecified atom stereocenters. The number of benzene rings is 2. The van der Waals surface area contributed by atoms with Crippen LogP contribution in [0.3, 0.4) is 0 Å². The van der Waals surface area contributed by atoms with E-state index in [9.17, 15) is 13.6 Å². The first-order valence-corrected chi connectivity index (χ1v) is 8.26. The molecule has 0 saturated heterocycles. The third-order valence-corrected chi connectivity index (χ3v) is 4.69. The molecule has 132 valence electrons. The van der Waals surface area contributed by atoms with Crippen LogP contribution in [-0.4, -0.2) is 5.91 Å². The molecule has 1 fully saturated rings. The molecule has 1 aliphatic carbocycles. The van der Waals surface area contributed by atoms with Gasteiger partial charge in [-0.2, -0.15) is 0 Å². The highest BCUT2D eigenvalue weighted by atomic mass is 19.1. The molecule has 1 amide bonds. The van der Waals surface area contributed by atoms with Crippen molar-refractivity contribution in [3.8, 4) is 0 Å². The van der Waals surface area contributed by atoms with Gasteiger partial charge in [-0.1, -0.05) is 6.07 Å². The predicted molar refractivity (Wildman–Crippen MR) is 93.0 cm³/mol. The van der Waals surface area contributed by atoms with Gasteiger partial charge in [0, 0.05) is 29.9 Å². The highest BCUT2D eigenvalue weighted by molar-refractivity contribution is 5.94. The van der Waals surface area contributed by atoms with E-state index in [-0.39, 0.29) is 24.2 Å². The largest absolute Gasteiger partial charge is 0.398 e. The Kier molecular flexibility index (Phi) is 4.72. The van der Waals surface area contributed by atoms with Gasteiger partial charge in [0.15, 0.2) is 0 Å². The van der Waals surface area contributed by atoms with Crippen LogP contribution in [0, 0.1) is 18.6 Å². The standard InChI is InChI=1S/C19H21F2N3O/c1-10-16(20)6-12(7-17(10)21)19(25)24-9-15-13(11-2-3-11)4-5-18(23)14(15)8-22/h4-7,11H,2-3,8-9,22-23H2,1H3,(H,24,25). The van der Waals surface area contributed by atoms with Crippen molar-refractivity contribution in [3.05, 3.63) is 63.7 Å². The molecule has 2 aromatic carbocycles. The number of nitrogens with two attached hydrogens (primary N) is 2. The molecule has 0 aliphatic heterocycles. The molecule has 25 heavy (non-hydrogen) atoms. The summed E-state index contributed by atoms with van der Waals surface area (Å²) in [6.07, 6.45) is 2.20. The van der Waals surface area contributed by atoms with Crippen LogP contribution >= 0.6 is 0 Å². The van der Waals surface area contributed by atoms with Gasteiger partial charge in [-0.05, 0) is 60.6 Å². The van der Waals surface area contributed by atoms with Gasteiger partial charge in [0.2, 0.25) is 0 Å². The summed E-state index contributed by atoms with van der Waals surface area (Å²) in [5.74, 6) is -1.55. The van der Waals surface area contributed by atoms with E-state index < -0.39 is 17.5 Å². The summed E-state index contributed by atoms with van der Waals surface area (Å²) in [7, 11) is 0. The van der Waals surface area contributed by atoms with Gasteiger partial charge in [0.1, 0.15) is 11.6 Å². The van der Waals surface area contributed by atoms with Gasteiger partial charge in [-0.15, -0.1) is 0 Å². The summed E-state index contributed by atoms with van der Waals surface area (Å²) in [5, 5.41) is 2.73. The molecular weight excluding hydrogens is 324 g/mol. The van der Waals surface area contributed by atoms with Gasteiger partial charge in [-0.3, -0.25) is 4.79 Å². The fraction of sp³-hybridized carbons (Fsp3) is 0.316. The normalized spacial score (nSPS) is 13.8. The molecule has 6 heteroatoms. The van der Waals surface area contributed by atoms with Gasteiger partial charge < -0.3 is 16.8 Å². The van der Waals surface area contributed by atoms with E-state index in [1.165, 1.54) is 6.92 Å². The summed E-state index contributed by atoms with van der Waals surface area (Å²) in [6.45, 7) is 1.82. The number of nitrogens with one attached hydrogen (secondary N) is 1. The Bertz CT molecular complexity index is 809. The predicted octanol–water partition coefficient (Wildman–Crippen LogP) is 3.12. The van der Waals surface area contributed by atoms with Crippen molar-refractivity contribution in [2.45, 2.75) is 38.8 Å². The van der Waals surface area contributed by atoms with Crippen molar-refractivity contribution >= 4 is 11.6 Å². The number of hydrogen-bond donors (Lipinski definition) is 3. The molecule has 0 spiro atoms. The average molecular weight is 345 g/mol. The van der Waals surface area contributed by atoms with E-state index in [0.29, 0.717) is 11.6 Å². The van der Waals surface area contributed by atoms with Crippen LogP contribution in [0.1, 0.15) is 51.4 Å². The molecule has 0 aromatic heterocycles. The average Bonchev–Trinajstić information content (AvgIpc) is 3.42. The molecular formula is C19H21F2N3O. The Morgan fingerprint density at radius 2 is 1.84 bits per heavy atom. The van der Waals surface area contributed by atoms with Gasteiger partial charge in [0.25, 0.3) is 5.91 Å². The Balaban J connectivity index is 1.84. The number of nitrogen functional groups attached to an aromatic ring is 1. The van der Waals surface area contributed by atoms with Crippen LogP contribution < -0.4 is 16.8 Å². The van der Waals surface area contributed by atoms with E-state index in [1.54, 1.807) is 0 Å². The Hall–Kier alpha value is -2.47. The second kappa shape index (κ2) is 6.80. The number of anilines is 1. The quantitative estimate of drug-likeness (QED) is 0.728. The van der Waals surface area contributed by atoms with Crippen LogP contribution in [0.15, 0.2) is 24.3 Å². The van der Waals surface area contributed by atoms with Crippen molar-refractivity contribution < 1.29 is 13.6 Å². The zero-order valence-corrected chi connectivity index (χ0v) is 14.0. The lowest BCUT2D eigenvalue weighted by atomic mass is 9.96. The lowest BCUT2D eigenvalue weighted by Gasteiger charge is -2.17. The second-order valence-corrected chi connectivity index (χ2v) is 6.43. The zero-order chi connectivity index (χ0) is 18.1. The van der Waals surface area contributed by atoms with Crippen molar-refractivity contribution in [2.75, 3.05) is 5.73 Å². The maximum Gasteiger partial charge on any atom is 0.251 e. The van der Waals surface area contributed by atoms with E-state index >= 15 is 0 Å². The molecule has 5 N–H and O–H groups in total. The van der Waals surface area contributed by atoms with Crippen LogP contribution in [0.4, 0.5) is 14.5 Å². The fourth-order valence-corrected chi connectivity index (χ4v) is 3.00. The van der Waals surface area contributed by atoms with Gasteiger partial charge in [0.05, 0.1) is 0 Å². The van der Waals surface area contributed by atoms with Crippen molar-refractivity contribution in [1.29, 1.82) is 0 Å². The van der Waals surface area contributed by atoms with Gasteiger partial charge in [-0.25, -0.2) is 8.78 Å². The molecule has 0 atom stereocenters. The summed E-state index contributed by atoms with van der Waals surface area (Å²) >= 11 is 0. The lowest BCUT2D eigenvalue weighted by molar-refractivity contribution is 0.0949. The number of halogens is 2. The number of carbonyl (C=O) groups excluding carboxylic acids is 1. The Morgan fingerprint density at radius 1 is 1.20 bits per heavy atom. The number of amides is 1. The molecule has 1 saturated carbocycles. The van der Waals surface area contributed by atoms with E-state index in [0.717, 1.165) is 41.7 Å². The Labute approximate surface area is 145 Å². The molecule has 0 radical (unpaired) electrons. The van der Waals surface area contributed by atoms with Crippen LogP contribution in [0.25, 0.3) is 0 Å². The lowest BCUT2D eigenvalue weighted by Crippen LogP contribution is -2.25.